The van der Waals surface area contributed by atoms with Gasteiger partial charge in [-0.05, 0) is 30.4 Å². The number of piperazine rings is 1. The van der Waals surface area contributed by atoms with E-state index in [4.69, 9.17) is 5.73 Å². The first-order chi connectivity index (χ1) is 10.8. The molecule has 1 aliphatic heterocycles. The zero-order valence-electron chi connectivity index (χ0n) is 14.8. The Morgan fingerprint density at radius 3 is 2.30 bits per heavy atom. The van der Waals surface area contributed by atoms with Gasteiger partial charge in [0.15, 0.2) is 0 Å². The molecule has 23 heavy (non-hydrogen) atoms. The third-order valence-corrected chi connectivity index (χ3v) is 4.48. The van der Waals surface area contributed by atoms with E-state index in [9.17, 15) is 4.79 Å². The summed E-state index contributed by atoms with van der Waals surface area (Å²) in [7, 11) is 0. The number of nitrogens with two attached hydrogens (primary N) is 1. The predicted molar refractivity (Wildman–Crippen MR) is 95.2 cm³/mol. The van der Waals surface area contributed by atoms with Crippen molar-refractivity contribution in [3.63, 3.8) is 0 Å². The van der Waals surface area contributed by atoms with Gasteiger partial charge < -0.3 is 10.6 Å². The number of nitrogens with zero attached hydrogens (tertiary/aromatic N) is 2. The molecule has 2 rings (SSSR count). The minimum Gasteiger partial charge on any atom is -0.339 e. The highest BCUT2D eigenvalue weighted by molar-refractivity contribution is 5.82. The molecule has 0 aliphatic carbocycles. The zero-order valence-corrected chi connectivity index (χ0v) is 14.8. The first kappa shape index (κ1) is 18.0. The summed E-state index contributed by atoms with van der Waals surface area (Å²) in [6.45, 7) is 11.4. The van der Waals surface area contributed by atoms with Crippen LogP contribution in [0.4, 0.5) is 0 Å². The van der Waals surface area contributed by atoms with Crippen LogP contribution >= 0.6 is 0 Å². The number of benzene rings is 1. The quantitative estimate of drug-likeness (QED) is 0.905. The molecule has 1 unspecified atom stereocenters. The smallest absolute Gasteiger partial charge is 0.239 e. The van der Waals surface area contributed by atoms with Crippen LogP contribution in [0.1, 0.15) is 32.8 Å². The fourth-order valence-corrected chi connectivity index (χ4v) is 2.88. The highest BCUT2D eigenvalue weighted by Crippen LogP contribution is 2.19. The third-order valence-electron chi connectivity index (χ3n) is 4.48. The number of rotatable bonds is 5. The van der Waals surface area contributed by atoms with Crippen LogP contribution in [-0.2, 0) is 11.2 Å². The number of hydrogen-bond donors (Lipinski definition) is 1. The van der Waals surface area contributed by atoms with Gasteiger partial charge in [0.05, 0.1) is 6.04 Å². The Labute approximate surface area is 140 Å². The van der Waals surface area contributed by atoms with E-state index in [0.29, 0.717) is 11.8 Å². The first-order valence-electron chi connectivity index (χ1n) is 8.66. The van der Waals surface area contributed by atoms with Crippen LogP contribution < -0.4 is 5.73 Å². The van der Waals surface area contributed by atoms with E-state index in [0.717, 1.165) is 38.3 Å². The van der Waals surface area contributed by atoms with Crippen LogP contribution in [0.5, 0.6) is 0 Å². The monoisotopic (exact) mass is 317 g/mol. The fraction of sp³-hybridized carbons (Fsp3) is 0.632. The molecule has 0 radical (unpaired) electrons. The van der Waals surface area contributed by atoms with Crippen molar-refractivity contribution in [2.75, 3.05) is 32.7 Å². The molecule has 1 amide bonds. The maximum absolute atomic E-state index is 12.5. The van der Waals surface area contributed by atoms with Crippen molar-refractivity contribution in [2.45, 2.75) is 39.7 Å². The van der Waals surface area contributed by atoms with Gasteiger partial charge in [0, 0.05) is 26.2 Å². The van der Waals surface area contributed by atoms with Crippen molar-refractivity contribution < 1.29 is 4.79 Å². The standard InChI is InChI=1S/C19H31N3O/c1-19(2,3)9-10-21-11-13-22(14-12-21)18(23)17(20)15-16-7-5-4-6-8-16/h4-8,17H,9-15,20H2,1-3H3. The van der Waals surface area contributed by atoms with Gasteiger partial charge >= 0.3 is 0 Å². The molecule has 128 valence electrons. The normalized spacial score (nSPS) is 18.0. The highest BCUT2D eigenvalue weighted by Gasteiger charge is 2.25. The van der Waals surface area contributed by atoms with Crippen LogP contribution in [0, 0.1) is 5.41 Å². The molecule has 1 heterocycles. The summed E-state index contributed by atoms with van der Waals surface area (Å²) < 4.78 is 0. The summed E-state index contributed by atoms with van der Waals surface area (Å²) in [6, 6.07) is 9.57. The van der Waals surface area contributed by atoms with Crippen LogP contribution in [0.15, 0.2) is 30.3 Å². The molecule has 0 spiro atoms. The molecular weight excluding hydrogens is 286 g/mol. The van der Waals surface area contributed by atoms with Crippen molar-refractivity contribution in [2.24, 2.45) is 11.1 Å². The molecule has 0 bridgehead atoms. The second-order valence-corrected chi connectivity index (χ2v) is 7.77. The van der Waals surface area contributed by atoms with Gasteiger partial charge in [0.1, 0.15) is 0 Å². The molecule has 4 heteroatoms. The summed E-state index contributed by atoms with van der Waals surface area (Å²) in [6.07, 6.45) is 1.80. The Morgan fingerprint density at radius 1 is 1.13 bits per heavy atom. The van der Waals surface area contributed by atoms with Crippen molar-refractivity contribution in [1.29, 1.82) is 0 Å². The largest absolute Gasteiger partial charge is 0.339 e. The third kappa shape index (κ3) is 5.96. The molecule has 1 aromatic carbocycles. The van der Waals surface area contributed by atoms with Gasteiger partial charge in [-0.15, -0.1) is 0 Å². The van der Waals surface area contributed by atoms with Crippen LogP contribution in [0.25, 0.3) is 0 Å². The fourth-order valence-electron chi connectivity index (χ4n) is 2.88. The number of carbonyl (C=O) groups excluding carboxylic acids is 1. The van der Waals surface area contributed by atoms with Crippen molar-refractivity contribution in [3.8, 4) is 0 Å². The summed E-state index contributed by atoms with van der Waals surface area (Å²) in [4.78, 5) is 16.9. The molecule has 1 atom stereocenters. The van der Waals surface area contributed by atoms with Crippen LogP contribution in [0.2, 0.25) is 0 Å². The predicted octanol–water partition coefficient (Wildman–Crippen LogP) is 2.14. The topological polar surface area (TPSA) is 49.6 Å². The number of hydrogen-bond acceptors (Lipinski definition) is 3. The van der Waals surface area contributed by atoms with Crippen molar-refractivity contribution in [3.05, 3.63) is 35.9 Å². The van der Waals surface area contributed by atoms with E-state index in [-0.39, 0.29) is 5.91 Å². The lowest BCUT2D eigenvalue weighted by atomic mass is 9.92. The summed E-state index contributed by atoms with van der Waals surface area (Å²) in [5, 5.41) is 0. The second kappa shape index (κ2) is 7.93. The molecule has 1 aromatic rings. The van der Waals surface area contributed by atoms with E-state index >= 15 is 0 Å². The Kier molecular flexibility index (Phi) is 6.19. The summed E-state index contributed by atoms with van der Waals surface area (Å²) >= 11 is 0. The number of amides is 1. The average molecular weight is 317 g/mol. The maximum atomic E-state index is 12.5. The molecule has 4 nitrogen and oxygen atoms in total. The number of carbonyl (C=O) groups is 1. The molecular formula is C19H31N3O. The molecule has 1 saturated heterocycles. The van der Waals surface area contributed by atoms with Gasteiger partial charge in [0.2, 0.25) is 5.91 Å². The summed E-state index contributed by atoms with van der Waals surface area (Å²) in [5.74, 6) is 0.0873. The SMILES string of the molecule is CC(C)(C)CCN1CCN(C(=O)C(N)Cc2ccccc2)CC1. The molecule has 2 N–H and O–H groups in total. The Bertz CT molecular complexity index is 487. The van der Waals surface area contributed by atoms with E-state index < -0.39 is 6.04 Å². The van der Waals surface area contributed by atoms with Gasteiger partial charge in [-0.2, -0.15) is 0 Å². The lowest BCUT2D eigenvalue weighted by molar-refractivity contribution is -0.134. The zero-order chi connectivity index (χ0) is 16.9. The van der Waals surface area contributed by atoms with Crippen LogP contribution in [-0.4, -0.2) is 54.5 Å². The molecule has 1 fully saturated rings. The second-order valence-electron chi connectivity index (χ2n) is 7.77. The Balaban J connectivity index is 1.77. The van der Waals surface area contributed by atoms with Gasteiger partial charge in [0.25, 0.3) is 0 Å². The Hall–Kier alpha value is -1.39. The first-order valence-corrected chi connectivity index (χ1v) is 8.66. The molecule has 1 aliphatic rings. The molecule has 0 saturated carbocycles. The van der Waals surface area contributed by atoms with E-state index in [1.165, 1.54) is 6.42 Å². The van der Waals surface area contributed by atoms with E-state index in [1.807, 2.05) is 35.2 Å². The average Bonchev–Trinajstić information content (AvgIpc) is 2.53. The van der Waals surface area contributed by atoms with Crippen molar-refractivity contribution in [1.82, 2.24) is 9.80 Å². The minimum atomic E-state index is -0.432. The molecule has 0 aromatic heterocycles. The summed E-state index contributed by atoms with van der Waals surface area (Å²) in [5.41, 5.74) is 7.61. The lowest BCUT2D eigenvalue weighted by Gasteiger charge is -2.37. The minimum absolute atomic E-state index is 0.0873. The van der Waals surface area contributed by atoms with Crippen molar-refractivity contribution >= 4 is 5.91 Å². The maximum Gasteiger partial charge on any atom is 0.239 e. The van der Waals surface area contributed by atoms with Gasteiger partial charge in [-0.3, -0.25) is 9.69 Å². The van der Waals surface area contributed by atoms with Gasteiger partial charge in [-0.1, -0.05) is 51.1 Å². The highest BCUT2D eigenvalue weighted by atomic mass is 16.2. The lowest BCUT2D eigenvalue weighted by Crippen LogP contribution is -2.53. The van der Waals surface area contributed by atoms with E-state index in [1.54, 1.807) is 0 Å². The van der Waals surface area contributed by atoms with Gasteiger partial charge in [-0.25, -0.2) is 0 Å². The van der Waals surface area contributed by atoms with Crippen LogP contribution in [0.3, 0.4) is 0 Å². The Morgan fingerprint density at radius 2 is 1.74 bits per heavy atom. The van der Waals surface area contributed by atoms with E-state index in [2.05, 4.69) is 25.7 Å².